The summed E-state index contributed by atoms with van der Waals surface area (Å²) in [5, 5.41) is 11.8. The SMILES string of the molecule is CS(=O)(=O)c1ccc(CC(=O)N[C@@H]2CCOC[C@H]2OCCO)cc1. The van der Waals surface area contributed by atoms with Gasteiger partial charge in [0, 0.05) is 12.9 Å². The lowest BCUT2D eigenvalue weighted by molar-refractivity contribution is -0.125. The molecule has 0 radical (unpaired) electrons. The monoisotopic (exact) mass is 357 g/mol. The normalized spacial score (nSPS) is 21.4. The third kappa shape index (κ3) is 5.55. The fourth-order valence-electron chi connectivity index (χ4n) is 2.54. The molecule has 1 aliphatic heterocycles. The molecular weight excluding hydrogens is 334 g/mol. The summed E-state index contributed by atoms with van der Waals surface area (Å²) in [5.41, 5.74) is 0.736. The number of sulfone groups is 1. The van der Waals surface area contributed by atoms with E-state index < -0.39 is 9.84 Å². The van der Waals surface area contributed by atoms with Gasteiger partial charge in [0.2, 0.25) is 5.91 Å². The summed E-state index contributed by atoms with van der Waals surface area (Å²) in [6, 6.07) is 6.12. The van der Waals surface area contributed by atoms with E-state index in [9.17, 15) is 13.2 Å². The zero-order valence-corrected chi connectivity index (χ0v) is 14.4. The van der Waals surface area contributed by atoms with Crippen LogP contribution in [0.5, 0.6) is 0 Å². The number of aliphatic hydroxyl groups excluding tert-OH is 1. The van der Waals surface area contributed by atoms with Gasteiger partial charge in [0.15, 0.2) is 9.84 Å². The predicted octanol–water partition coefficient (Wildman–Crippen LogP) is -0.0848. The van der Waals surface area contributed by atoms with Crippen LogP contribution >= 0.6 is 0 Å². The molecule has 0 spiro atoms. The predicted molar refractivity (Wildman–Crippen MR) is 87.4 cm³/mol. The molecule has 1 aliphatic rings. The van der Waals surface area contributed by atoms with Gasteiger partial charge in [-0.15, -0.1) is 0 Å². The number of carbonyl (C=O) groups is 1. The van der Waals surface area contributed by atoms with Crippen LogP contribution in [-0.4, -0.2) is 64.3 Å². The van der Waals surface area contributed by atoms with E-state index in [0.717, 1.165) is 11.8 Å². The fourth-order valence-corrected chi connectivity index (χ4v) is 3.17. The average molecular weight is 357 g/mol. The first-order chi connectivity index (χ1) is 11.4. The molecule has 0 aliphatic carbocycles. The third-order valence-corrected chi connectivity index (χ3v) is 4.92. The van der Waals surface area contributed by atoms with E-state index >= 15 is 0 Å². The van der Waals surface area contributed by atoms with Gasteiger partial charge in [-0.1, -0.05) is 12.1 Å². The first-order valence-electron chi connectivity index (χ1n) is 7.78. The second-order valence-corrected chi connectivity index (χ2v) is 7.78. The third-order valence-electron chi connectivity index (χ3n) is 3.79. The standard InChI is InChI=1S/C16H23NO6S/c1-24(20,21)13-4-2-12(3-5-13)10-16(19)17-14-6-8-22-11-15(14)23-9-7-18/h2-5,14-15,18H,6-11H2,1H3,(H,17,19)/t14-,15-/m1/s1. The van der Waals surface area contributed by atoms with Gasteiger partial charge in [0.05, 0.1) is 37.2 Å². The molecule has 1 fully saturated rings. The number of hydrogen-bond acceptors (Lipinski definition) is 6. The van der Waals surface area contributed by atoms with Crippen molar-refractivity contribution in [3.8, 4) is 0 Å². The molecule has 1 heterocycles. The second-order valence-electron chi connectivity index (χ2n) is 5.76. The molecule has 0 aromatic heterocycles. The van der Waals surface area contributed by atoms with Crippen LogP contribution in [0.2, 0.25) is 0 Å². The largest absolute Gasteiger partial charge is 0.394 e. The average Bonchev–Trinajstić information content (AvgIpc) is 2.53. The van der Waals surface area contributed by atoms with Gasteiger partial charge in [-0.05, 0) is 24.1 Å². The number of rotatable bonds is 7. The number of benzene rings is 1. The Hall–Kier alpha value is -1.48. The summed E-state index contributed by atoms with van der Waals surface area (Å²) >= 11 is 0. The molecule has 2 rings (SSSR count). The molecule has 1 aromatic carbocycles. The van der Waals surface area contributed by atoms with E-state index in [4.69, 9.17) is 14.6 Å². The molecule has 134 valence electrons. The molecule has 0 saturated carbocycles. The van der Waals surface area contributed by atoms with Gasteiger partial charge < -0.3 is 19.9 Å². The lowest BCUT2D eigenvalue weighted by atomic mass is 10.1. The van der Waals surface area contributed by atoms with Gasteiger partial charge in [0.1, 0.15) is 6.10 Å². The number of ether oxygens (including phenoxy) is 2. The first kappa shape index (κ1) is 18.9. The highest BCUT2D eigenvalue weighted by Gasteiger charge is 2.27. The van der Waals surface area contributed by atoms with Crippen LogP contribution in [0, 0.1) is 0 Å². The maximum atomic E-state index is 12.2. The minimum atomic E-state index is -3.24. The number of amides is 1. The van der Waals surface area contributed by atoms with Crippen molar-refractivity contribution in [2.75, 3.05) is 32.7 Å². The smallest absolute Gasteiger partial charge is 0.224 e. The summed E-state index contributed by atoms with van der Waals surface area (Å²) in [7, 11) is -3.24. The van der Waals surface area contributed by atoms with Crippen LogP contribution in [0.4, 0.5) is 0 Å². The molecule has 1 aromatic rings. The highest BCUT2D eigenvalue weighted by Crippen LogP contribution is 2.13. The number of hydrogen-bond donors (Lipinski definition) is 2. The van der Waals surface area contributed by atoms with E-state index in [0.29, 0.717) is 19.6 Å². The van der Waals surface area contributed by atoms with Crippen molar-refractivity contribution in [3.05, 3.63) is 29.8 Å². The highest BCUT2D eigenvalue weighted by molar-refractivity contribution is 7.90. The number of aliphatic hydroxyl groups is 1. The number of nitrogens with one attached hydrogen (secondary N) is 1. The summed E-state index contributed by atoms with van der Waals surface area (Å²) < 4.78 is 33.7. The van der Waals surface area contributed by atoms with Gasteiger partial charge in [-0.2, -0.15) is 0 Å². The Balaban J connectivity index is 1.91. The maximum Gasteiger partial charge on any atom is 0.224 e. The number of carbonyl (C=O) groups excluding carboxylic acids is 1. The summed E-state index contributed by atoms with van der Waals surface area (Å²) in [6.45, 7) is 1.05. The molecule has 24 heavy (non-hydrogen) atoms. The lowest BCUT2D eigenvalue weighted by Crippen LogP contribution is -2.50. The summed E-state index contributed by atoms with van der Waals surface area (Å²) in [6.07, 6.45) is 1.68. The van der Waals surface area contributed by atoms with Gasteiger partial charge >= 0.3 is 0 Å². The topological polar surface area (TPSA) is 102 Å². The van der Waals surface area contributed by atoms with Crippen LogP contribution in [0.3, 0.4) is 0 Å². The zero-order valence-electron chi connectivity index (χ0n) is 13.6. The summed E-state index contributed by atoms with van der Waals surface area (Å²) in [4.78, 5) is 12.4. The van der Waals surface area contributed by atoms with E-state index in [1.165, 1.54) is 12.1 Å². The minimum absolute atomic E-state index is 0.0795. The molecule has 1 saturated heterocycles. The van der Waals surface area contributed by atoms with E-state index in [-0.39, 0.29) is 42.6 Å². The lowest BCUT2D eigenvalue weighted by Gasteiger charge is -2.32. The summed E-state index contributed by atoms with van der Waals surface area (Å²) in [5.74, 6) is -0.161. The van der Waals surface area contributed by atoms with E-state index in [1.807, 2.05) is 0 Å². The van der Waals surface area contributed by atoms with Gasteiger partial charge in [-0.25, -0.2) is 8.42 Å². The Bertz CT molecular complexity index is 643. The Morgan fingerprint density at radius 3 is 2.71 bits per heavy atom. The van der Waals surface area contributed by atoms with Crippen molar-refractivity contribution in [2.24, 2.45) is 0 Å². The zero-order chi connectivity index (χ0) is 17.6. The fraction of sp³-hybridized carbons (Fsp3) is 0.562. The molecule has 8 heteroatoms. The quantitative estimate of drug-likeness (QED) is 0.707. The maximum absolute atomic E-state index is 12.2. The van der Waals surface area contributed by atoms with Crippen molar-refractivity contribution in [3.63, 3.8) is 0 Å². The van der Waals surface area contributed by atoms with Crippen molar-refractivity contribution < 1.29 is 27.8 Å². The van der Waals surface area contributed by atoms with Crippen molar-refractivity contribution >= 4 is 15.7 Å². The first-order valence-corrected chi connectivity index (χ1v) is 9.68. The highest BCUT2D eigenvalue weighted by atomic mass is 32.2. The molecule has 0 unspecified atom stereocenters. The second kappa shape index (κ2) is 8.57. The minimum Gasteiger partial charge on any atom is -0.394 e. The van der Waals surface area contributed by atoms with Crippen LogP contribution in [-0.2, 0) is 30.5 Å². The Morgan fingerprint density at radius 1 is 1.38 bits per heavy atom. The Morgan fingerprint density at radius 2 is 2.08 bits per heavy atom. The molecule has 2 atom stereocenters. The van der Waals surface area contributed by atoms with Crippen LogP contribution in [0.25, 0.3) is 0 Å². The van der Waals surface area contributed by atoms with Crippen molar-refractivity contribution in [2.45, 2.75) is 29.9 Å². The van der Waals surface area contributed by atoms with E-state index in [1.54, 1.807) is 12.1 Å². The Kier molecular flexibility index (Phi) is 6.73. The van der Waals surface area contributed by atoms with Crippen LogP contribution in [0.1, 0.15) is 12.0 Å². The molecule has 2 N–H and O–H groups in total. The van der Waals surface area contributed by atoms with Crippen LogP contribution < -0.4 is 5.32 Å². The van der Waals surface area contributed by atoms with Crippen LogP contribution in [0.15, 0.2) is 29.2 Å². The molecular formula is C16H23NO6S. The van der Waals surface area contributed by atoms with Crippen molar-refractivity contribution in [1.82, 2.24) is 5.32 Å². The molecule has 7 nitrogen and oxygen atoms in total. The molecule has 1 amide bonds. The Labute approximate surface area is 141 Å². The van der Waals surface area contributed by atoms with Gasteiger partial charge in [0.25, 0.3) is 0 Å². The molecule has 0 bridgehead atoms. The van der Waals surface area contributed by atoms with Crippen molar-refractivity contribution in [1.29, 1.82) is 0 Å². The van der Waals surface area contributed by atoms with E-state index in [2.05, 4.69) is 5.32 Å². The van der Waals surface area contributed by atoms with Gasteiger partial charge in [-0.3, -0.25) is 4.79 Å².